The van der Waals surface area contributed by atoms with Crippen molar-refractivity contribution in [2.75, 3.05) is 5.32 Å². The van der Waals surface area contributed by atoms with E-state index in [9.17, 15) is 9.59 Å². The van der Waals surface area contributed by atoms with Gasteiger partial charge >= 0.3 is 5.97 Å². The van der Waals surface area contributed by atoms with Gasteiger partial charge in [0.2, 0.25) is 5.91 Å². The summed E-state index contributed by atoms with van der Waals surface area (Å²) in [4.78, 5) is 29.2. The molecule has 0 bridgehead atoms. The molecule has 1 amide bonds. The van der Waals surface area contributed by atoms with Crippen LogP contribution in [0.5, 0.6) is 0 Å². The van der Waals surface area contributed by atoms with Gasteiger partial charge in [-0.3, -0.25) is 9.36 Å². The summed E-state index contributed by atoms with van der Waals surface area (Å²) in [5, 5.41) is 2.90. The van der Waals surface area contributed by atoms with E-state index in [4.69, 9.17) is 4.74 Å². The Morgan fingerprint density at radius 3 is 2.67 bits per heavy atom. The van der Waals surface area contributed by atoms with Crippen LogP contribution in [0.1, 0.15) is 34.3 Å². The van der Waals surface area contributed by atoms with Gasteiger partial charge in [0.25, 0.3) is 0 Å². The lowest BCUT2D eigenvalue weighted by molar-refractivity contribution is -0.118. The van der Waals surface area contributed by atoms with Crippen molar-refractivity contribution in [2.24, 2.45) is 0 Å². The van der Waals surface area contributed by atoms with Crippen LogP contribution >= 0.6 is 0 Å². The van der Waals surface area contributed by atoms with E-state index in [1.54, 1.807) is 12.1 Å². The third kappa shape index (κ3) is 3.12. The largest absolute Gasteiger partial charge is 0.453 e. The number of carbonyl (C=O) groups is 2. The molecule has 5 rings (SSSR count). The second kappa shape index (κ2) is 7.15. The Labute approximate surface area is 173 Å². The van der Waals surface area contributed by atoms with Crippen molar-refractivity contribution in [3.05, 3.63) is 89.7 Å². The van der Waals surface area contributed by atoms with E-state index < -0.39 is 6.10 Å². The van der Waals surface area contributed by atoms with Crippen LogP contribution in [0, 0.1) is 6.92 Å². The third-order valence-corrected chi connectivity index (χ3v) is 5.27. The SMILES string of the molecule is Cc1nc2cc(NC(=O)C[C@H]3OC(=O)c4ccccc43)ccc2n1-c1ccccc1. The number of para-hydroxylation sites is 1. The highest BCUT2D eigenvalue weighted by Gasteiger charge is 2.32. The quantitative estimate of drug-likeness (QED) is 0.512. The molecule has 1 aromatic heterocycles. The van der Waals surface area contributed by atoms with Gasteiger partial charge in [-0.05, 0) is 43.3 Å². The van der Waals surface area contributed by atoms with Crippen molar-refractivity contribution in [3.8, 4) is 5.69 Å². The van der Waals surface area contributed by atoms with Gasteiger partial charge in [0.15, 0.2) is 0 Å². The molecule has 30 heavy (non-hydrogen) atoms. The number of rotatable bonds is 4. The minimum atomic E-state index is -0.558. The van der Waals surface area contributed by atoms with Gasteiger partial charge in [-0.1, -0.05) is 36.4 Å². The van der Waals surface area contributed by atoms with Gasteiger partial charge in [0, 0.05) is 16.9 Å². The second-order valence-corrected chi connectivity index (χ2v) is 7.27. The van der Waals surface area contributed by atoms with E-state index in [1.165, 1.54) is 0 Å². The topological polar surface area (TPSA) is 73.2 Å². The molecule has 4 aromatic rings. The summed E-state index contributed by atoms with van der Waals surface area (Å²) in [5.74, 6) is 0.268. The molecule has 0 saturated heterocycles. The van der Waals surface area contributed by atoms with Crippen LogP contribution in [0.2, 0.25) is 0 Å². The minimum absolute atomic E-state index is 0.0677. The summed E-state index contributed by atoms with van der Waals surface area (Å²) in [6.45, 7) is 1.96. The van der Waals surface area contributed by atoms with E-state index in [-0.39, 0.29) is 18.3 Å². The molecule has 0 unspecified atom stereocenters. The van der Waals surface area contributed by atoms with Gasteiger partial charge in [-0.15, -0.1) is 0 Å². The predicted octanol–water partition coefficient (Wildman–Crippen LogP) is 4.57. The number of aryl methyl sites for hydroxylation is 1. The van der Waals surface area contributed by atoms with Crippen LogP contribution in [0.4, 0.5) is 5.69 Å². The third-order valence-electron chi connectivity index (χ3n) is 5.27. The zero-order chi connectivity index (χ0) is 20.7. The van der Waals surface area contributed by atoms with Crippen LogP contribution in [-0.4, -0.2) is 21.4 Å². The fourth-order valence-electron chi connectivity index (χ4n) is 3.93. The van der Waals surface area contributed by atoms with Crippen molar-refractivity contribution in [3.63, 3.8) is 0 Å². The standard InChI is InChI=1S/C24H19N3O3/c1-15-25-20-13-16(11-12-21(20)27(15)17-7-3-2-4-8-17)26-23(28)14-22-18-9-5-6-10-19(18)24(29)30-22/h2-13,22H,14H2,1H3,(H,26,28)/t22-/m1/s1. The van der Waals surface area contributed by atoms with Gasteiger partial charge in [-0.25, -0.2) is 9.78 Å². The number of anilines is 1. The van der Waals surface area contributed by atoms with Crippen molar-refractivity contribution in [1.82, 2.24) is 9.55 Å². The van der Waals surface area contributed by atoms with E-state index in [0.29, 0.717) is 11.3 Å². The molecular formula is C24H19N3O3. The smallest absolute Gasteiger partial charge is 0.339 e. The maximum atomic E-state index is 12.6. The lowest BCUT2D eigenvalue weighted by Gasteiger charge is -2.11. The molecule has 2 heterocycles. The monoisotopic (exact) mass is 397 g/mol. The summed E-state index contributed by atoms with van der Waals surface area (Å²) < 4.78 is 7.44. The molecule has 0 fully saturated rings. The Hall–Kier alpha value is -3.93. The van der Waals surface area contributed by atoms with Crippen molar-refractivity contribution in [2.45, 2.75) is 19.4 Å². The lowest BCUT2D eigenvalue weighted by atomic mass is 10.0. The Morgan fingerprint density at radius 2 is 1.83 bits per heavy atom. The molecule has 0 saturated carbocycles. The molecule has 1 atom stereocenters. The fraction of sp³-hybridized carbons (Fsp3) is 0.125. The van der Waals surface area contributed by atoms with Crippen LogP contribution in [-0.2, 0) is 9.53 Å². The number of amides is 1. The number of cyclic esters (lactones) is 1. The lowest BCUT2D eigenvalue weighted by Crippen LogP contribution is -2.15. The molecule has 6 nitrogen and oxygen atoms in total. The molecule has 148 valence electrons. The minimum Gasteiger partial charge on any atom is -0.453 e. The van der Waals surface area contributed by atoms with Crippen LogP contribution in [0.15, 0.2) is 72.8 Å². The summed E-state index contributed by atoms with van der Waals surface area (Å²) in [6.07, 6.45) is -0.491. The normalized spacial score (nSPS) is 15.1. The number of hydrogen-bond acceptors (Lipinski definition) is 4. The Morgan fingerprint density at radius 1 is 1.07 bits per heavy atom. The first-order valence-electron chi connectivity index (χ1n) is 9.74. The van der Waals surface area contributed by atoms with Gasteiger partial charge in [0.05, 0.1) is 23.0 Å². The zero-order valence-electron chi connectivity index (χ0n) is 16.3. The number of aromatic nitrogens is 2. The number of esters is 1. The zero-order valence-corrected chi connectivity index (χ0v) is 16.3. The highest BCUT2D eigenvalue weighted by molar-refractivity contribution is 5.97. The molecule has 6 heteroatoms. The molecule has 1 aliphatic rings. The van der Waals surface area contributed by atoms with Gasteiger partial charge in [-0.2, -0.15) is 0 Å². The highest BCUT2D eigenvalue weighted by atomic mass is 16.5. The first-order chi connectivity index (χ1) is 14.6. The van der Waals surface area contributed by atoms with Crippen LogP contribution in [0.3, 0.4) is 0 Å². The molecule has 0 aliphatic carbocycles. The number of ether oxygens (including phenoxy) is 1. The van der Waals surface area contributed by atoms with E-state index in [1.807, 2.05) is 67.6 Å². The molecule has 0 spiro atoms. The van der Waals surface area contributed by atoms with E-state index in [2.05, 4.69) is 14.9 Å². The van der Waals surface area contributed by atoms with E-state index in [0.717, 1.165) is 28.1 Å². The maximum Gasteiger partial charge on any atom is 0.339 e. The number of benzene rings is 3. The summed E-state index contributed by atoms with van der Waals surface area (Å²) in [5.41, 5.74) is 4.74. The van der Waals surface area contributed by atoms with Gasteiger partial charge in [0.1, 0.15) is 11.9 Å². The average molecular weight is 397 g/mol. The first-order valence-corrected chi connectivity index (χ1v) is 9.74. The maximum absolute atomic E-state index is 12.6. The number of imidazole rings is 1. The Kier molecular flexibility index (Phi) is 4.32. The fourth-order valence-corrected chi connectivity index (χ4v) is 3.93. The van der Waals surface area contributed by atoms with Crippen molar-refractivity contribution >= 4 is 28.6 Å². The predicted molar refractivity (Wildman–Crippen MR) is 114 cm³/mol. The van der Waals surface area contributed by atoms with Crippen LogP contribution in [0.25, 0.3) is 16.7 Å². The highest BCUT2D eigenvalue weighted by Crippen LogP contribution is 2.33. The Bertz CT molecular complexity index is 1280. The second-order valence-electron chi connectivity index (χ2n) is 7.27. The average Bonchev–Trinajstić information content (AvgIpc) is 3.24. The summed E-state index contributed by atoms with van der Waals surface area (Å²) in [6, 6.07) is 22.8. The van der Waals surface area contributed by atoms with E-state index >= 15 is 0 Å². The number of fused-ring (bicyclic) bond motifs is 2. The van der Waals surface area contributed by atoms with Crippen LogP contribution < -0.4 is 5.32 Å². The van der Waals surface area contributed by atoms with Gasteiger partial charge < -0.3 is 10.1 Å². The molecule has 3 aromatic carbocycles. The molecular weight excluding hydrogens is 378 g/mol. The molecule has 1 aliphatic heterocycles. The van der Waals surface area contributed by atoms with Crippen molar-refractivity contribution < 1.29 is 14.3 Å². The number of nitrogens with zero attached hydrogens (tertiary/aromatic N) is 2. The first kappa shape index (κ1) is 18.1. The number of carbonyl (C=O) groups excluding carboxylic acids is 2. The van der Waals surface area contributed by atoms with Crippen molar-refractivity contribution in [1.29, 1.82) is 0 Å². The summed E-state index contributed by atoms with van der Waals surface area (Å²) in [7, 11) is 0. The number of nitrogens with one attached hydrogen (secondary N) is 1. The summed E-state index contributed by atoms with van der Waals surface area (Å²) >= 11 is 0. The molecule has 1 N–H and O–H groups in total. The Balaban J connectivity index is 1.36. The number of hydrogen-bond donors (Lipinski definition) is 1. The molecule has 0 radical (unpaired) electrons.